The number of nitrogens with zero attached hydrogens (tertiary/aromatic N) is 1. The van der Waals surface area contributed by atoms with Gasteiger partial charge < -0.3 is 15.3 Å². The number of hydrogen-bond acceptors (Lipinski definition) is 5. The number of fused-ring (bicyclic) bond motifs is 2. The first-order chi connectivity index (χ1) is 13.5. The highest BCUT2D eigenvalue weighted by atomic mass is 32.1. The molecule has 0 atom stereocenters. The van der Waals surface area contributed by atoms with Crippen molar-refractivity contribution in [3.63, 3.8) is 0 Å². The number of hydrogen-bond donors (Lipinski definition) is 2. The summed E-state index contributed by atoms with van der Waals surface area (Å²) in [6.07, 6.45) is 0. The zero-order valence-corrected chi connectivity index (χ0v) is 15.2. The van der Waals surface area contributed by atoms with Gasteiger partial charge in [-0.1, -0.05) is 30.3 Å². The predicted molar refractivity (Wildman–Crippen MR) is 110 cm³/mol. The molecule has 136 valence electrons. The predicted octanol–water partition coefficient (Wildman–Crippen LogP) is 4.87. The number of rotatable bonds is 3. The fourth-order valence-electron chi connectivity index (χ4n) is 3.44. The Kier molecular flexibility index (Phi) is 4.28. The summed E-state index contributed by atoms with van der Waals surface area (Å²) in [5.74, 6) is -1.18. The van der Waals surface area contributed by atoms with Crippen LogP contribution in [0.1, 0.15) is 10.4 Å². The van der Waals surface area contributed by atoms with E-state index >= 15 is 0 Å². The third-order valence-corrected chi connectivity index (χ3v) is 4.68. The Morgan fingerprint density at radius 3 is 2.39 bits per heavy atom. The summed E-state index contributed by atoms with van der Waals surface area (Å²) in [5.41, 5.74) is 1.60. The number of benzene rings is 4. The van der Waals surface area contributed by atoms with Gasteiger partial charge in [-0.3, -0.25) is 0 Å². The number of aromatic carboxylic acids is 1. The van der Waals surface area contributed by atoms with Crippen LogP contribution < -0.4 is 5.11 Å². The highest BCUT2D eigenvalue weighted by Gasteiger charge is 2.18. The van der Waals surface area contributed by atoms with E-state index in [9.17, 15) is 20.1 Å². The van der Waals surface area contributed by atoms with E-state index in [1.807, 2.05) is 0 Å². The quantitative estimate of drug-likeness (QED) is 0.298. The van der Waals surface area contributed by atoms with Gasteiger partial charge in [0.2, 0.25) is 0 Å². The molecule has 0 heterocycles. The number of carboxylic acids is 1. The van der Waals surface area contributed by atoms with E-state index in [0.717, 1.165) is 10.8 Å². The maximum Gasteiger partial charge on any atom is 0.336 e. The van der Waals surface area contributed by atoms with Crippen LogP contribution in [0.4, 0.5) is 5.69 Å². The maximum atomic E-state index is 12.0. The lowest BCUT2D eigenvalue weighted by molar-refractivity contribution is -0.268. The number of phenols is 1. The van der Waals surface area contributed by atoms with E-state index in [4.69, 9.17) is 0 Å². The van der Waals surface area contributed by atoms with Gasteiger partial charge in [-0.2, -0.15) is 4.99 Å². The molecule has 6 heteroatoms. The Hall–Kier alpha value is -3.73. The van der Waals surface area contributed by atoms with Crippen LogP contribution in [0, 0.1) is 0 Å². The van der Waals surface area contributed by atoms with E-state index in [1.165, 1.54) is 18.2 Å². The van der Waals surface area contributed by atoms with E-state index in [2.05, 4.69) is 22.4 Å². The average Bonchev–Trinajstić information content (AvgIpc) is 2.66. The Morgan fingerprint density at radius 1 is 0.964 bits per heavy atom. The van der Waals surface area contributed by atoms with Crippen LogP contribution in [0.5, 0.6) is 11.5 Å². The third-order valence-electron chi connectivity index (χ3n) is 4.59. The van der Waals surface area contributed by atoms with Gasteiger partial charge in [-0.05, 0) is 75.2 Å². The van der Waals surface area contributed by atoms with Gasteiger partial charge in [0, 0.05) is 0 Å². The average molecular weight is 386 g/mol. The Bertz CT molecular complexity index is 1260. The fraction of sp³-hybridized carbons (Fsp3) is 0. The van der Waals surface area contributed by atoms with Crippen molar-refractivity contribution in [1.29, 1.82) is 0 Å². The third kappa shape index (κ3) is 2.97. The van der Waals surface area contributed by atoms with Gasteiger partial charge in [0.15, 0.2) is 0 Å². The van der Waals surface area contributed by atoms with Crippen molar-refractivity contribution in [2.24, 2.45) is 4.99 Å². The van der Waals surface area contributed by atoms with Gasteiger partial charge in [-0.15, -0.1) is 5.75 Å². The summed E-state index contributed by atoms with van der Waals surface area (Å²) < 4.78 is 0. The molecule has 0 saturated carbocycles. The number of aromatic hydroxyl groups is 1. The van der Waals surface area contributed by atoms with Crippen molar-refractivity contribution in [3.05, 3.63) is 66.2 Å². The van der Waals surface area contributed by atoms with E-state index in [0.29, 0.717) is 27.6 Å². The molecule has 0 saturated heterocycles. The Morgan fingerprint density at radius 2 is 1.68 bits per heavy atom. The smallest absolute Gasteiger partial charge is 0.336 e. The molecule has 5 nitrogen and oxygen atoms in total. The molecule has 0 aliphatic heterocycles. The summed E-state index contributed by atoms with van der Waals surface area (Å²) in [7, 11) is 0. The molecule has 4 aromatic rings. The molecule has 0 aliphatic carbocycles. The van der Waals surface area contributed by atoms with Crippen molar-refractivity contribution in [2.75, 3.05) is 0 Å². The van der Waals surface area contributed by atoms with E-state index in [1.54, 1.807) is 42.5 Å². The highest BCUT2D eigenvalue weighted by molar-refractivity contribution is 7.78. The maximum absolute atomic E-state index is 12.0. The number of carboxylic acid groups (broad SMARTS) is 1. The first kappa shape index (κ1) is 17.7. The lowest BCUT2D eigenvalue weighted by Crippen LogP contribution is -2.00. The molecule has 28 heavy (non-hydrogen) atoms. The van der Waals surface area contributed by atoms with Crippen LogP contribution in [0.25, 0.3) is 32.7 Å². The standard InChI is InChI=1S/C22H13NO4S/c24-15-2-5-17-12(8-15)7-13-9-16(25)3-6-18(13)21(17)19-4-1-14(23-11-28)10-20(19)22(26)27/h1-10,24-25H,(H,26,27)/p-1. The summed E-state index contributed by atoms with van der Waals surface area (Å²) in [4.78, 5) is 15.8. The second-order valence-corrected chi connectivity index (χ2v) is 6.46. The lowest BCUT2D eigenvalue weighted by atomic mass is 9.89. The normalized spacial score (nSPS) is 10.7. The van der Waals surface area contributed by atoms with E-state index < -0.39 is 5.97 Å². The molecule has 0 unspecified atom stereocenters. The Labute approximate surface area is 164 Å². The van der Waals surface area contributed by atoms with Crippen LogP contribution in [-0.4, -0.2) is 21.3 Å². The molecule has 0 amide bonds. The molecule has 0 aliphatic rings. The highest BCUT2D eigenvalue weighted by Crippen LogP contribution is 2.40. The SMILES string of the molecule is O=C(O)c1cc(N=C=S)ccc1-c1c2ccc([O-])cc2cc2cc(O)ccc12. The zero-order valence-electron chi connectivity index (χ0n) is 14.3. The van der Waals surface area contributed by atoms with Crippen LogP contribution in [0.3, 0.4) is 0 Å². The van der Waals surface area contributed by atoms with Crippen LogP contribution in [-0.2, 0) is 0 Å². The first-order valence-corrected chi connectivity index (χ1v) is 8.71. The second-order valence-electron chi connectivity index (χ2n) is 6.28. The van der Waals surface area contributed by atoms with Crippen LogP contribution in [0.2, 0.25) is 0 Å². The molecule has 4 rings (SSSR count). The summed E-state index contributed by atoms with van der Waals surface area (Å²) in [6, 6.07) is 16.1. The molecule has 2 N–H and O–H groups in total. The zero-order chi connectivity index (χ0) is 19.8. The number of phenolic OH excluding ortho intramolecular Hbond substituents is 1. The number of carbonyl (C=O) groups is 1. The molecular formula is C22H12NO4S-. The Balaban J connectivity index is 2.18. The van der Waals surface area contributed by atoms with Crippen molar-refractivity contribution < 1.29 is 20.1 Å². The van der Waals surface area contributed by atoms with Crippen LogP contribution >= 0.6 is 12.2 Å². The van der Waals surface area contributed by atoms with Gasteiger partial charge in [-0.25, -0.2) is 4.79 Å². The monoisotopic (exact) mass is 386 g/mol. The molecular weight excluding hydrogens is 374 g/mol. The minimum absolute atomic E-state index is 0.0552. The van der Waals surface area contributed by atoms with Crippen LogP contribution in [0.15, 0.2) is 65.7 Å². The van der Waals surface area contributed by atoms with Crippen molar-refractivity contribution in [2.45, 2.75) is 0 Å². The van der Waals surface area contributed by atoms with Gasteiger partial charge >= 0.3 is 5.97 Å². The second kappa shape index (κ2) is 6.78. The number of aliphatic imine (C=N–C) groups is 1. The minimum Gasteiger partial charge on any atom is -0.872 e. The topological polar surface area (TPSA) is 93.0 Å². The van der Waals surface area contributed by atoms with Gasteiger partial charge in [0.05, 0.1) is 16.4 Å². The number of isothiocyanates is 1. The molecule has 0 radical (unpaired) electrons. The fourth-order valence-corrected chi connectivity index (χ4v) is 3.54. The molecule has 0 bridgehead atoms. The van der Waals surface area contributed by atoms with Gasteiger partial charge in [0.1, 0.15) is 5.75 Å². The molecule has 0 aromatic heterocycles. The number of thiocarbonyl (C=S) groups is 1. The molecule has 0 spiro atoms. The van der Waals surface area contributed by atoms with Gasteiger partial charge in [0.25, 0.3) is 0 Å². The minimum atomic E-state index is -1.11. The molecule has 0 fully saturated rings. The summed E-state index contributed by atoms with van der Waals surface area (Å²) in [6.45, 7) is 0. The lowest BCUT2D eigenvalue weighted by Gasteiger charge is -2.16. The van der Waals surface area contributed by atoms with Crippen molar-refractivity contribution in [3.8, 4) is 22.6 Å². The van der Waals surface area contributed by atoms with Crippen molar-refractivity contribution in [1.82, 2.24) is 0 Å². The van der Waals surface area contributed by atoms with Crippen molar-refractivity contribution >= 4 is 50.6 Å². The molecule has 4 aromatic carbocycles. The van der Waals surface area contributed by atoms with E-state index in [-0.39, 0.29) is 17.1 Å². The summed E-state index contributed by atoms with van der Waals surface area (Å²) >= 11 is 4.60. The largest absolute Gasteiger partial charge is 0.872 e. The summed E-state index contributed by atoms with van der Waals surface area (Å²) in [5, 5.41) is 36.6. The first-order valence-electron chi connectivity index (χ1n) is 8.30.